The van der Waals surface area contributed by atoms with Crippen LogP contribution >= 0.6 is 11.8 Å². The molecule has 0 aliphatic heterocycles. The van der Waals surface area contributed by atoms with Crippen molar-refractivity contribution in [3.63, 3.8) is 0 Å². The quantitative estimate of drug-likeness (QED) is 0.757. The maximum Gasteiger partial charge on any atom is 0.297 e. The summed E-state index contributed by atoms with van der Waals surface area (Å²) in [7, 11) is -3.59. The average Bonchev–Trinajstić information content (AvgIpc) is 2.32. The molecule has 0 N–H and O–H groups in total. The highest BCUT2D eigenvalue weighted by atomic mass is 32.2. The molecule has 19 heavy (non-hydrogen) atoms. The fraction of sp³-hybridized carbons (Fsp3) is 0.571. The molecular formula is C14H20O3S2. The van der Waals surface area contributed by atoms with Crippen LogP contribution in [0.2, 0.25) is 0 Å². The first kappa shape index (κ1) is 14.9. The lowest BCUT2D eigenvalue weighted by Gasteiger charge is -2.34. The average molecular weight is 300 g/mol. The Labute approximate surface area is 119 Å². The number of thioether (sulfide) groups is 1. The van der Waals surface area contributed by atoms with E-state index in [1.807, 2.05) is 18.7 Å². The maximum atomic E-state index is 12.0. The van der Waals surface area contributed by atoms with Gasteiger partial charge >= 0.3 is 0 Å². The lowest BCUT2D eigenvalue weighted by molar-refractivity contribution is 0.0696. The van der Waals surface area contributed by atoms with Gasteiger partial charge in [0.2, 0.25) is 0 Å². The molecular weight excluding hydrogens is 280 g/mol. The molecule has 106 valence electrons. The summed E-state index contributed by atoms with van der Waals surface area (Å²) in [6.07, 6.45) is 4.86. The van der Waals surface area contributed by atoms with Gasteiger partial charge in [-0.15, -0.1) is 0 Å². The van der Waals surface area contributed by atoms with Gasteiger partial charge in [-0.05, 0) is 56.2 Å². The van der Waals surface area contributed by atoms with Crippen molar-refractivity contribution in [3.05, 3.63) is 29.8 Å². The van der Waals surface area contributed by atoms with Crippen molar-refractivity contribution in [1.82, 2.24) is 0 Å². The fourth-order valence-corrected chi connectivity index (χ4v) is 3.88. The molecule has 0 aromatic heterocycles. The fourth-order valence-electron chi connectivity index (χ4n) is 2.21. The monoisotopic (exact) mass is 300 g/mol. The van der Waals surface area contributed by atoms with Crippen molar-refractivity contribution in [3.8, 4) is 0 Å². The first-order valence-corrected chi connectivity index (χ1v) is 9.30. The normalized spacial score (nSPS) is 23.1. The van der Waals surface area contributed by atoms with E-state index >= 15 is 0 Å². The van der Waals surface area contributed by atoms with Crippen LogP contribution in [0.1, 0.15) is 24.8 Å². The van der Waals surface area contributed by atoms with Crippen LogP contribution in [-0.4, -0.2) is 26.5 Å². The topological polar surface area (TPSA) is 43.4 Å². The largest absolute Gasteiger partial charge is 0.297 e. The predicted molar refractivity (Wildman–Crippen MR) is 79.0 cm³/mol. The molecule has 1 aliphatic carbocycles. The third-order valence-electron chi connectivity index (χ3n) is 3.50. The summed E-state index contributed by atoms with van der Waals surface area (Å²) in [5, 5.41) is 0. The van der Waals surface area contributed by atoms with Crippen LogP contribution in [-0.2, 0) is 14.3 Å². The highest BCUT2D eigenvalue weighted by Crippen LogP contribution is 2.35. The van der Waals surface area contributed by atoms with Crippen LogP contribution < -0.4 is 0 Å². The lowest BCUT2D eigenvalue weighted by atomic mass is 9.81. The maximum absolute atomic E-state index is 12.0. The summed E-state index contributed by atoms with van der Waals surface area (Å²) in [6.45, 7) is 1.93. The van der Waals surface area contributed by atoms with Crippen molar-refractivity contribution in [2.45, 2.75) is 37.2 Å². The molecule has 3 nitrogen and oxygen atoms in total. The molecule has 1 fully saturated rings. The van der Waals surface area contributed by atoms with Crippen molar-refractivity contribution >= 4 is 21.9 Å². The molecule has 0 atom stereocenters. The van der Waals surface area contributed by atoms with E-state index in [0.717, 1.165) is 30.6 Å². The number of aryl methyl sites for hydroxylation is 1. The Hall–Kier alpha value is -0.520. The predicted octanol–water partition coefficient (Wildman–Crippen LogP) is 3.23. The Balaban J connectivity index is 1.88. The lowest BCUT2D eigenvalue weighted by Crippen LogP contribution is -2.33. The Morgan fingerprint density at radius 3 is 2.47 bits per heavy atom. The highest BCUT2D eigenvalue weighted by Gasteiger charge is 2.33. The summed E-state index contributed by atoms with van der Waals surface area (Å²) >= 11 is 1.83. The van der Waals surface area contributed by atoms with Gasteiger partial charge in [0.1, 0.15) is 0 Å². The Morgan fingerprint density at radius 2 is 1.89 bits per heavy atom. The minimum atomic E-state index is -3.59. The van der Waals surface area contributed by atoms with Crippen LogP contribution in [0.3, 0.4) is 0 Å². The van der Waals surface area contributed by atoms with Crippen molar-refractivity contribution < 1.29 is 12.6 Å². The van der Waals surface area contributed by atoms with Gasteiger partial charge in [0.15, 0.2) is 0 Å². The van der Waals surface area contributed by atoms with Gasteiger partial charge in [-0.1, -0.05) is 17.7 Å². The Morgan fingerprint density at radius 1 is 1.26 bits per heavy atom. The molecule has 0 heterocycles. The summed E-state index contributed by atoms with van der Waals surface area (Å²) in [5.74, 6) is 1.77. The summed E-state index contributed by atoms with van der Waals surface area (Å²) in [6, 6.07) is 6.79. The van der Waals surface area contributed by atoms with Crippen LogP contribution in [0, 0.1) is 12.8 Å². The van der Waals surface area contributed by atoms with E-state index < -0.39 is 10.1 Å². The zero-order chi connectivity index (χ0) is 13.9. The van der Waals surface area contributed by atoms with E-state index in [9.17, 15) is 8.42 Å². The van der Waals surface area contributed by atoms with E-state index in [-0.39, 0.29) is 11.0 Å². The third kappa shape index (κ3) is 3.97. The molecule has 1 aromatic rings. The number of benzene rings is 1. The van der Waals surface area contributed by atoms with Crippen LogP contribution in [0.5, 0.6) is 0 Å². The number of hydrogen-bond acceptors (Lipinski definition) is 4. The van der Waals surface area contributed by atoms with Crippen LogP contribution in [0.15, 0.2) is 29.2 Å². The molecule has 0 saturated heterocycles. The molecule has 5 heteroatoms. The van der Waals surface area contributed by atoms with Crippen LogP contribution in [0.25, 0.3) is 0 Å². The van der Waals surface area contributed by atoms with E-state index in [1.165, 1.54) is 0 Å². The Bertz CT molecular complexity index is 502. The molecule has 1 saturated carbocycles. The van der Waals surface area contributed by atoms with Gasteiger partial charge in [-0.2, -0.15) is 20.2 Å². The standard InChI is InChI=1S/C14H20O3S2/c1-11-3-5-14(6-4-11)19(15,16)17-13-9-12(10-13)7-8-18-2/h3-6,12-13H,7-10H2,1-2H3. The van der Waals surface area contributed by atoms with E-state index in [4.69, 9.17) is 4.18 Å². The van der Waals surface area contributed by atoms with Crippen LogP contribution in [0.4, 0.5) is 0 Å². The number of rotatable bonds is 6. The van der Waals surface area contributed by atoms with Crippen molar-refractivity contribution in [1.29, 1.82) is 0 Å². The molecule has 1 aliphatic rings. The first-order chi connectivity index (χ1) is 9.01. The second-order valence-electron chi connectivity index (χ2n) is 5.10. The van der Waals surface area contributed by atoms with Crippen molar-refractivity contribution in [2.75, 3.05) is 12.0 Å². The first-order valence-electron chi connectivity index (χ1n) is 6.50. The molecule has 0 amide bonds. The van der Waals surface area contributed by atoms with E-state index in [0.29, 0.717) is 5.92 Å². The molecule has 0 radical (unpaired) electrons. The van der Waals surface area contributed by atoms with Gasteiger partial charge in [0.05, 0.1) is 11.0 Å². The second-order valence-corrected chi connectivity index (χ2v) is 7.66. The zero-order valence-corrected chi connectivity index (χ0v) is 13.0. The summed E-state index contributed by atoms with van der Waals surface area (Å²) in [5.41, 5.74) is 1.04. The summed E-state index contributed by atoms with van der Waals surface area (Å²) in [4.78, 5) is 0.255. The van der Waals surface area contributed by atoms with Gasteiger partial charge < -0.3 is 0 Å². The SMILES string of the molecule is CSCCC1CC(OS(=O)(=O)c2ccc(C)cc2)C1. The molecule has 0 spiro atoms. The molecule has 1 aromatic carbocycles. The van der Waals surface area contributed by atoms with Gasteiger partial charge in [0, 0.05) is 0 Å². The Kier molecular flexibility index (Phi) is 4.92. The van der Waals surface area contributed by atoms with Gasteiger partial charge in [-0.3, -0.25) is 4.18 Å². The molecule has 0 unspecified atom stereocenters. The summed E-state index contributed by atoms with van der Waals surface area (Å²) < 4.78 is 29.4. The number of hydrogen-bond donors (Lipinski definition) is 0. The molecule has 2 rings (SSSR count). The second kappa shape index (κ2) is 6.29. The third-order valence-corrected chi connectivity index (χ3v) is 5.51. The zero-order valence-electron chi connectivity index (χ0n) is 11.3. The van der Waals surface area contributed by atoms with Crippen molar-refractivity contribution in [2.24, 2.45) is 5.92 Å². The molecule has 0 bridgehead atoms. The smallest absolute Gasteiger partial charge is 0.263 e. The van der Waals surface area contributed by atoms with E-state index in [1.54, 1.807) is 24.3 Å². The minimum Gasteiger partial charge on any atom is -0.263 e. The van der Waals surface area contributed by atoms with Gasteiger partial charge in [-0.25, -0.2) is 0 Å². The highest BCUT2D eigenvalue weighted by molar-refractivity contribution is 7.98. The van der Waals surface area contributed by atoms with Gasteiger partial charge in [0.25, 0.3) is 10.1 Å². The van der Waals surface area contributed by atoms with E-state index in [2.05, 4.69) is 6.26 Å². The minimum absolute atomic E-state index is 0.127.